The zero-order valence-corrected chi connectivity index (χ0v) is 15.8. The molecule has 0 spiro atoms. The third-order valence-corrected chi connectivity index (χ3v) is 7.34. The molecule has 5 aliphatic rings. The zero-order valence-electron chi connectivity index (χ0n) is 15.8. The molecule has 0 radical (unpaired) electrons. The molecule has 4 heterocycles. The van der Waals surface area contributed by atoms with E-state index in [9.17, 15) is 15.0 Å². The summed E-state index contributed by atoms with van der Waals surface area (Å²) in [4.78, 5) is 20.5. The number of aliphatic imine (C=N–C) groups is 1. The van der Waals surface area contributed by atoms with Crippen LogP contribution in [0.3, 0.4) is 0 Å². The first-order valence-electron chi connectivity index (χ1n) is 9.84. The minimum absolute atomic E-state index is 0.0367. The first-order valence-corrected chi connectivity index (χ1v) is 9.84. The summed E-state index contributed by atoms with van der Waals surface area (Å²) in [5, 5.41) is 22.3. The Bertz CT molecular complexity index is 837. The molecule has 1 aromatic rings. The topological polar surface area (TPSA) is 82.4 Å². The standard InChI is InChI=1S/C21H26N2O4/c1-12(24)14-9-13-10-20(19(25)27-2)17(14)23(11-13)8-7-21(26)15-5-3-4-6-16(15)22-18(20)21/h3-6,12-14,17,24,26H,7-11H2,1-2H3/t12-,13+,14-,17-,20-,21+/m0/s1. The average molecular weight is 370 g/mol. The van der Waals surface area contributed by atoms with E-state index in [0.717, 1.165) is 24.2 Å². The fraction of sp³-hybridized carbons (Fsp3) is 0.619. The molecule has 6 heteroatoms. The van der Waals surface area contributed by atoms with E-state index in [2.05, 4.69) is 4.90 Å². The third kappa shape index (κ3) is 2.06. The average Bonchev–Trinajstić information content (AvgIpc) is 2.95. The molecule has 6 rings (SSSR count). The van der Waals surface area contributed by atoms with Gasteiger partial charge in [0.2, 0.25) is 0 Å². The predicted octanol–water partition coefficient (Wildman–Crippen LogP) is 1.61. The van der Waals surface area contributed by atoms with E-state index >= 15 is 0 Å². The molecule has 3 saturated heterocycles. The van der Waals surface area contributed by atoms with Crippen LogP contribution in [0.5, 0.6) is 0 Å². The smallest absolute Gasteiger partial charge is 0.319 e. The lowest BCUT2D eigenvalue weighted by Crippen LogP contribution is -2.69. The van der Waals surface area contributed by atoms with Crippen LogP contribution in [-0.4, -0.2) is 59.1 Å². The second-order valence-electron chi connectivity index (χ2n) is 8.70. The minimum atomic E-state index is -1.26. The Morgan fingerprint density at radius 3 is 2.93 bits per heavy atom. The van der Waals surface area contributed by atoms with Crippen molar-refractivity contribution in [1.82, 2.24) is 4.90 Å². The lowest BCUT2D eigenvalue weighted by Gasteiger charge is -2.58. The van der Waals surface area contributed by atoms with Gasteiger partial charge < -0.3 is 14.9 Å². The molecule has 144 valence electrons. The van der Waals surface area contributed by atoms with E-state index in [4.69, 9.17) is 9.73 Å². The molecule has 4 bridgehead atoms. The van der Waals surface area contributed by atoms with Crippen molar-refractivity contribution in [1.29, 1.82) is 0 Å². The van der Waals surface area contributed by atoms with Crippen molar-refractivity contribution in [2.45, 2.75) is 43.9 Å². The van der Waals surface area contributed by atoms with Gasteiger partial charge in [0.25, 0.3) is 0 Å². The highest BCUT2D eigenvalue weighted by Gasteiger charge is 2.69. The van der Waals surface area contributed by atoms with Crippen LogP contribution in [0.1, 0.15) is 31.7 Å². The Morgan fingerprint density at radius 2 is 2.19 bits per heavy atom. The highest BCUT2D eigenvalue weighted by molar-refractivity contribution is 6.15. The van der Waals surface area contributed by atoms with Gasteiger partial charge in [-0.15, -0.1) is 0 Å². The second-order valence-corrected chi connectivity index (χ2v) is 8.70. The van der Waals surface area contributed by atoms with Gasteiger partial charge in [-0.05, 0) is 38.2 Å². The first-order chi connectivity index (χ1) is 12.9. The van der Waals surface area contributed by atoms with Crippen LogP contribution < -0.4 is 0 Å². The molecular weight excluding hydrogens is 344 g/mol. The van der Waals surface area contributed by atoms with Gasteiger partial charge in [0.1, 0.15) is 11.0 Å². The number of fused-ring (bicyclic) bond motifs is 4. The number of para-hydroxylation sites is 1. The highest BCUT2D eigenvalue weighted by atomic mass is 16.5. The first kappa shape index (κ1) is 17.3. The van der Waals surface area contributed by atoms with Gasteiger partial charge in [0.15, 0.2) is 0 Å². The van der Waals surface area contributed by atoms with E-state index in [1.807, 2.05) is 24.3 Å². The molecule has 1 saturated carbocycles. The van der Waals surface area contributed by atoms with E-state index in [-0.39, 0.29) is 23.8 Å². The van der Waals surface area contributed by atoms with E-state index in [1.165, 1.54) is 7.11 Å². The van der Waals surface area contributed by atoms with Crippen LogP contribution in [0.4, 0.5) is 5.69 Å². The largest absolute Gasteiger partial charge is 0.468 e. The summed E-state index contributed by atoms with van der Waals surface area (Å²) < 4.78 is 5.32. The molecule has 4 fully saturated rings. The summed E-state index contributed by atoms with van der Waals surface area (Å²) in [6.45, 7) is 3.38. The summed E-state index contributed by atoms with van der Waals surface area (Å²) in [7, 11) is 1.41. The quantitative estimate of drug-likeness (QED) is 0.773. The van der Waals surface area contributed by atoms with Gasteiger partial charge in [-0.3, -0.25) is 14.7 Å². The summed E-state index contributed by atoms with van der Waals surface area (Å²) in [5.41, 5.74) is -0.219. The molecule has 1 aliphatic carbocycles. The minimum Gasteiger partial charge on any atom is -0.468 e. The number of ether oxygens (including phenoxy) is 1. The van der Waals surface area contributed by atoms with Crippen molar-refractivity contribution < 1.29 is 19.7 Å². The Balaban J connectivity index is 1.76. The monoisotopic (exact) mass is 370 g/mol. The van der Waals surface area contributed by atoms with Gasteiger partial charge >= 0.3 is 5.97 Å². The number of aliphatic hydroxyl groups is 2. The molecule has 1 unspecified atom stereocenters. The van der Waals surface area contributed by atoms with Crippen LogP contribution >= 0.6 is 0 Å². The fourth-order valence-corrected chi connectivity index (χ4v) is 6.40. The zero-order chi connectivity index (χ0) is 19.0. The van der Waals surface area contributed by atoms with Crippen molar-refractivity contribution in [3.8, 4) is 0 Å². The van der Waals surface area contributed by atoms with Gasteiger partial charge in [-0.25, -0.2) is 0 Å². The summed E-state index contributed by atoms with van der Waals surface area (Å²) in [6.07, 6.45) is 1.49. The molecule has 4 aliphatic heterocycles. The number of aliphatic hydroxyl groups excluding tert-OH is 1. The Kier molecular flexibility index (Phi) is 3.61. The number of methoxy groups -OCH3 is 1. The Labute approximate surface area is 158 Å². The maximum absolute atomic E-state index is 13.3. The second kappa shape index (κ2) is 5.63. The maximum Gasteiger partial charge on any atom is 0.319 e. The van der Waals surface area contributed by atoms with Gasteiger partial charge in [-0.2, -0.15) is 0 Å². The molecule has 1 aromatic carbocycles. The molecule has 0 aromatic heterocycles. The van der Waals surface area contributed by atoms with Gasteiger partial charge in [0.05, 0.1) is 24.6 Å². The number of rotatable bonds is 2. The van der Waals surface area contributed by atoms with E-state index in [0.29, 0.717) is 25.1 Å². The normalized spacial score (nSPS) is 42.6. The van der Waals surface area contributed by atoms with Gasteiger partial charge in [0, 0.05) is 30.6 Å². The Hall–Kier alpha value is -1.76. The van der Waals surface area contributed by atoms with Crippen LogP contribution in [0.25, 0.3) is 0 Å². The van der Waals surface area contributed by atoms with Crippen LogP contribution in [0, 0.1) is 17.3 Å². The van der Waals surface area contributed by atoms with Crippen molar-refractivity contribution in [2.75, 3.05) is 20.2 Å². The van der Waals surface area contributed by atoms with Crippen molar-refractivity contribution in [3.63, 3.8) is 0 Å². The molecule has 7 atom stereocenters. The summed E-state index contributed by atoms with van der Waals surface area (Å²) in [6, 6.07) is 7.41. The highest BCUT2D eigenvalue weighted by Crippen LogP contribution is 2.59. The van der Waals surface area contributed by atoms with E-state index < -0.39 is 17.1 Å². The summed E-state index contributed by atoms with van der Waals surface area (Å²) in [5.74, 6) is -0.0905. The number of esters is 1. The van der Waals surface area contributed by atoms with Crippen molar-refractivity contribution in [3.05, 3.63) is 29.8 Å². The van der Waals surface area contributed by atoms with E-state index in [1.54, 1.807) is 6.92 Å². The van der Waals surface area contributed by atoms with Gasteiger partial charge in [-0.1, -0.05) is 18.2 Å². The third-order valence-electron chi connectivity index (χ3n) is 7.34. The molecule has 6 nitrogen and oxygen atoms in total. The SMILES string of the molecule is COC(=O)[C@@]12C[C@H]3C[C@@H]([C@H](C)O)[C@@H]1N(CC[C@]1(O)C2=Nc2ccccc21)C3. The summed E-state index contributed by atoms with van der Waals surface area (Å²) >= 11 is 0. The molecular formula is C21H26N2O4. The molecule has 27 heavy (non-hydrogen) atoms. The van der Waals surface area contributed by atoms with Crippen LogP contribution in [0.2, 0.25) is 0 Å². The number of hydrogen-bond acceptors (Lipinski definition) is 6. The number of nitrogens with zero attached hydrogens (tertiary/aromatic N) is 2. The number of benzene rings is 1. The fourth-order valence-electron chi connectivity index (χ4n) is 6.40. The predicted molar refractivity (Wildman–Crippen MR) is 99.8 cm³/mol. The van der Waals surface area contributed by atoms with Crippen LogP contribution in [0.15, 0.2) is 29.3 Å². The lowest BCUT2D eigenvalue weighted by atomic mass is 9.54. The van der Waals surface area contributed by atoms with Crippen LogP contribution in [-0.2, 0) is 15.1 Å². The lowest BCUT2D eigenvalue weighted by molar-refractivity contribution is -0.168. The maximum atomic E-state index is 13.3. The number of carbonyl (C=O) groups is 1. The van der Waals surface area contributed by atoms with Crippen molar-refractivity contribution >= 4 is 17.4 Å². The number of carbonyl (C=O) groups excluding carboxylic acids is 1. The number of piperidine rings is 2. The van der Waals surface area contributed by atoms with Crippen molar-refractivity contribution in [2.24, 2.45) is 22.2 Å². The molecule has 0 amide bonds. The molecule has 2 N–H and O–H groups in total. The Morgan fingerprint density at radius 1 is 1.41 bits per heavy atom. The number of hydrogen-bond donors (Lipinski definition) is 2.